The second-order valence-electron chi connectivity index (χ2n) is 11.9. The summed E-state index contributed by atoms with van der Waals surface area (Å²) in [6.07, 6.45) is 1.74. The third kappa shape index (κ3) is 7.15. The summed E-state index contributed by atoms with van der Waals surface area (Å²) in [5.74, 6) is 1.68. The van der Waals surface area contributed by atoms with Gasteiger partial charge >= 0.3 is 5.97 Å². The van der Waals surface area contributed by atoms with E-state index in [0.717, 1.165) is 20.1 Å². The fraction of sp³-hybridized carbons (Fsp3) is 0.256. The van der Waals surface area contributed by atoms with Crippen LogP contribution in [0.1, 0.15) is 50.4 Å². The molecule has 1 aromatic heterocycles. The number of methoxy groups -OCH3 is 2. The lowest BCUT2D eigenvalue weighted by atomic mass is 9.95. The number of carbonyl (C=O) groups excluding carboxylic acids is 1. The Morgan fingerprint density at radius 3 is 2.46 bits per heavy atom. The average molecular weight is 805 g/mol. The lowest BCUT2D eigenvalue weighted by Crippen LogP contribution is -2.40. The predicted octanol–water partition coefficient (Wildman–Crippen LogP) is 6.94. The van der Waals surface area contributed by atoms with Crippen molar-refractivity contribution in [1.82, 2.24) is 4.57 Å². The van der Waals surface area contributed by atoms with E-state index in [0.29, 0.717) is 50.2 Å². The Bertz CT molecular complexity index is 2310. The number of fused-ring (bicyclic) bond motifs is 2. The van der Waals surface area contributed by atoms with Crippen molar-refractivity contribution < 1.29 is 28.5 Å². The Labute approximate surface area is 307 Å². The van der Waals surface area contributed by atoms with E-state index >= 15 is 0 Å². The number of benzene rings is 4. The monoisotopic (exact) mass is 804 g/mol. The first-order valence-corrected chi connectivity index (χ1v) is 18.0. The van der Waals surface area contributed by atoms with Crippen molar-refractivity contribution in [3.05, 3.63) is 124 Å². The summed E-state index contributed by atoms with van der Waals surface area (Å²) in [6.45, 7) is 7.91. The zero-order chi connectivity index (χ0) is 35.5. The van der Waals surface area contributed by atoms with E-state index in [4.69, 9.17) is 28.7 Å². The molecule has 0 amide bonds. The Balaban J connectivity index is 1.39. The van der Waals surface area contributed by atoms with Crippen LogP contribution in [-0.2, 0) is 16.1 Å². The van der Waals surface area contributed by atoms with E-state index in [1.165, 1.54) is 16.7 Å². The van der Waals surface area contributed by atoms with Gasteiger partial charge in [0.25, 0.3) is 5.56 Å². The van der Waals surface area contributed by atoms with Crippen molar-refractivity contribution >= 4 is 56.7 Å². The standard InChI is InChI=1S/C39H37IN2O7S/c1-7-47-38(44)34-23(4)41-39-42(35(34)28-14-15-30(49-22(2)3)31(20-28)45-5)37(43)33(50-39)19-25-17-29(40)36(32(18-25)46-6)48-21-24-12-13-26-10-8-9-11-27(26)16-24/h8-20,22,35H,7,21H2,1-6H3/b33-19-/t35-/m0/s1. The van der Waals surface area contributed by atoms with Gasteiger partial charge in [-0.2, -0.15) is 0 Å². The fourth-order valence-electron chi connectivity index (χ4n) is 5.91. The number of hydrogen-bond acceptors (Lipinski definition) is 9. The molecule has 11 heteroatoms. The second kappa shape index (κ2) is 15.1. The van der Waals surface area contributed by atoms with Crippen LogP contribution >= 0.6 is 33.9 Å². The zero-order valence-corrected chi connectivity index (χ0v) is 31.6. The first-order chi connectivity index (χ1) is 24.1. The van der Waals surface area contributed by atoms with E-state index in [2.05, 4.69) is 52.9 Å². The highest BCUT2D eigenvalue weighted by atomic mass is 127. The van der Waals surface area contributed by atoms with Crippen molar-refractivity contribution in [1.29, 1.82) is 0 Å². The lowest BCUT2D eigenvalue weighted by molar-refractivity contribution is -0.139. The van der Waals surface area contributed by atoms with Crippen molar-refractivity contribution in [2.45, 2.75) is 46.4 Å². The van der Waals surface area contributed by atoms with Crippen LogP contribution in [0, 0.1) is 3.57 Å². The van der Waals surface area contributed by atoms with Crippen molar-refractivity contribution in [3.8, 4) is 23.0 Å². The molecular formula is C39H37IN2O7S. The normalized spacial score (nSPS) is 14.4. The summed E-state index contributed by atoms with van der Waals surface area (Å²) < 4.78 is 31.9. The fourth-order valence-corrected chi connectivity index (χ4v) is 7.74. The minimum absolute atomic E-state index is 0.0726. The quantitative estimate of drug-likeness (QED) is 0.106. The number of aromatic nitrogens is 1. The number of rotatable bonds is 11. The Morgan fingerprint density at radius 1 is 0.980 bits per heavy atom. The van der Waals surface area contributed by atoms with Crippen LogP contribution in [0.5, 0.6) is 23.0 Å². The summed E-state index contributed by atoms with van der Waals surface area (Å²) in [4.78, 5) is 32.8. The van der Waals surface area contributed by atoms with Gasteiger partial charge in [-0.05, 0) is 114 Å². The highest BCUT2D eigenvalue weighted by Gasteiger charge is 2.34. The SMILES string of the molecule is CCOC(=O)C1=C(C)N=c2s/c(=C\c3cc(I)c(OCc4ccc5ccccc5c4)c(OC)c3)c(=O)n2[C@H]1c1ccc(OC(C)C)c(OC)c1. The van der Waals surface area contributed by atoms with Gasteiger partial charge in [-0.3, -0.25) is 9.36 Å². The van der Waals surface area contributed by atoms with Crippen LogP contribution < -0.4 is 33.8 Å². The summed E-state index contributed by atoms with van der Waals surface area (Å²) in [7, 11) is 3.15. The largest absolute Gasteiger partial charge is 0.493 e. The van der Waals surface area contributed by atoms with Crippen molar-refractivity contribution in [2.24, 2.45) is 4.99 Å². The van der Waals surface area contributed by atoms with Gasteiger partial charge in [-0.15, -0.1) is 0 Å². The molecule has 0 N–H and O–H groups in total. The molecule has 0 bridgehead atoms. The lowest BCUT2D eigenvalue weighted by Gasteiger charge is -2.25. The first-order valence-electron chi connectivity index (χ1n) is 16.1. The third-order valence-corrected chi connectivity index (χ3v) is 9.91. The number of thiazole rings is 1. The van der Waals surface area contributed by atoms with Gasteiger partial charge in [0.05, 0.1) is 52.3 Å². The molecule has 0 spiro atoms. The summed E-state index contributed by atoms with van der Waals surface area (Å²) in [6, 6.07) is 22.9. The van der Waals surface area contributed by atoms with E-state index in [1.54, 1.807) is 44.8 Å². The van der Waals surface area contributed by atoms with E-state index < -0.39 is 12.0 Å². The van der Waals surface area contributed by atoms with E-state index in [1.807, 2.05) is 50.3 Å². The molecule has 0 saturated heterocycles. The summed E-state index contributed by atoms with van der Waals surface area (Å²) in [5.41, 5.74) is 2.93. The third-order valence-electron chi connectivity index (χ3n) is 8.13. The molecule has 258 valence electrons. The van der Waals surface area contributed by atoms with Gasteiger partial charge in [0.1, 0.15) is 6.61 Å². The molecule has 50 heavy (non-hydrogen) atoms. The van der Waals surface area contributed by atoms with E-state index in [-0.39, 0.29) is 23.8 Å². The van der Waals surface area contributed by atoms with Crippen molar-refractivity contribution in [2.75, 3.05) is 20.8 Å². The van der Waals surface area contributed by atoms with Gasteiger partial charge in [0, 0.05) is 0 Å². The molecule has 6 rings (SSSR count). The average Bonchev–Trinajstić information content (AvgIpc) is 3.40. The smallest absolute Gasteiger partial charge is 0.338 e. The molecule has 9 nitrogen and oxygen atoms in total. The van der Waals surface area contributed by atoms with Crippen LogP contribution in [-0.4, -0.2) is 37.5 Å². The maximum Gasteiger partial charge on any atom is 0.338 e. The van der Waals surface area contributed by atoms with E-state index in [9.17, 15) is 9.59 Å². The van der Waals surface area contributed by atoms with Crippen LogP contribution in [0.2, 0.25) is 0 Å². The highest BCUT2D eigenvalue weighted by molar-refractivity contribution is 14.1. The minimum Gasteiger partial charge on any atom is -0.493 e. The molecule has 0 radical (unpaired) electrons. The van der Waals surface area contributed by atoms with Crippen molar-refractivity contribution in [3.63, 3.8) is 0 Å². The van der Waals surface area contributed by atoms with Crippen LogP contribution in [0.15, 0.2) is 93.9 Å². The number of carbonyl (C=O) groups is 1. The topological polar surface area (TPSA) is 97.6 Å². The molecule has 1 atom stereocenters. The van der Waals surface area contributed by atoms with Crippen LogP contribution in [0.25, 0.3) is 16.8 Å². The minimum atomic E-state index is -0.796. The maximum absolute atomic E-state index is 14.3. The van der Waals surface area contributed by atoms with Gasteiger partial charge in [0.2, 0.25) is 0 Å². The van der Waals surface area contributed by atoms with Gasteiger partial charge in [0.15, 0.2) is 27.8 Å². The number of esters is 1. The molecule has 0 unspecified atom stereocenters. The molecule has 5 aromatic rings. The van der Waals surface area contributed by atoms with Gasteiger partial charge in [-0.25, -0.2) is 9.79 Å². The number of hydrogen-bond donors (Lipinski definition) is 0. The summed E-state index contributed by atoms with van der Waals surface area (Å²) >= 11 is 3.47. The Kier molecular flexibility index (Phi) is 10.6. The molecule has 0 aliphatic carbocycles. The number of nitrogens with zero attached hydrogens (tertiary/aromatic N) is 2. The first kappa shape index (κ1) is 35.2. The molecule has 1 aliphatic rings. The Morgan fingerprint density at radius 2 is 1.74 bits per heavy atom. The number of halogens is 1. The second-order valence-corrected chi connectivity index (χ2v) is 14.1. The Hall–Kier alpha value is -4.62. The predicted molar refractivity (Wildman–Crippen MR) is 203 cm³/mol. The molecular weight excluding hydrogens is 767 g/mol. The van der Waals surface area contributed by atoms with Crippen LogP contribution in [0.4, 0.5) is 0 Å². The molecule has 1 aliphatic heterocycles. The van der Waals surface area contributed by atoms with Gasteiger partial charge < -0.3 is 23.7 Å². The number of allylic oxidation sites excluding steroid dienone is 1. The zero-order valence-electron chi connectivity index (χ0n) is 28.6. The molecule has 0 fully saturated rings. The van der Waals surface area contributed by atoms with Crippen LogP contribution in [0.3, 0.4) is 0 Å². The molecule has 2 heterocycles. The summed E-state index contributed by atoms with van der Waals surface area (Å²) in [5, 5.41) is 2.32. The van der Waals surface area contributed by atoms with Gasteiger partial charge in [-0.1, -0.05) is 53.8 Å². The molecule has 4 aromatic carbocycles. The number of ether oxygens (including phenoxy) is 5. The maximum atomic E-state index is 14.3. The highest BCUT2D eigenvalue weighted by Crippen LogP contribution is 2.37. The molecule has 0 saturated carbocycles.